The summed E-state index contributed by atoms with van der Waals surface area (Å²) in [5, 5.41) is 17.6. The van der Waals surface area contributed by atoms with Crippen LogP contribution in [-0.2, 0) is 0 Å². The Kier molecular flexibility index (Phi) is 2.45. The molecule has 0 aromatic carbocycles. The van der Waals surface area contributed by atoms with Gasteiger partial charge in [-0.25, -0.2) is 0 Å². The van der Waals surface area contributed by atoms with Crippen LogP contribution in [0.1, 0.15) is 12.8 Å². The van der Waals surface area contributed by atoms with Crippen LogP contribution in [0.3, 0.4) is 0 Å². The SMILES string of the molecule is OC[C@@H]1CCCN1C(O)=S. The first-order chi connectivity index (χ1) is 4.75. The summed E-state index contributed by atoms with van der Waals surface area (Å²) < 4.78 is 0. The van der Waals surface area contributed by atoms with Crippen molar-refractivity contribution in [2.45, 2.75) is 18.9 Å². The van der Waals surface area contributed by atoms with Crippen LogP contribution in [0.5, 0.6) is 0 Å². The van der Waals surface area contributed by atoms with E-state index in [1.807, 2.05) is 0 Å². The van der Waals surface area contributed by atoms with Crippen molar-refractivity contribution in [3.63, 3.8) is 0 Å². The van der Waals surface area contributed by atoms with E-state index in [0.717, 1.165) is 19.4 Å². The first-order valence-corrected chi connectivity index (χ1v) is 3.77. The maximum Gasteiger partial charge on any atom is 0.257 e. The Morgan fingerprint density at radius 3 is 2.80 bits per heavy atom. The van der Waals surface area contributed by atoms with Gasteiger partial charge in [0.1, 0.15) is 0 Å². The molecule has 0 bridgehead atoms. The summed E-state index contributed by atoms with van der Waals surface area (Å²) in [6.07, 6.45) is 1.93. The molecule has 0 aliphatic carbocycles. The van der Waals surface area contributed by atoms with Crippen LogP contribution >= 0.6 is 12.2 Å². The van der Waals surface area contributed by atoms with E-state index >= 15 is 0 Å². The molecule has 2 N–H and O–H groups in total. The summed E-state index contributed by atoms with van der Waals surface area (Å²) in [4.78, 5) is 1.66. The Morgan fingerprint density at radius 2 is 2.40 bits per heavy atom. The lowest BCUT2D eigenvalue weighted by molar-refractivity contribution is 0.196. The lowest BCUT2D eigenvalue weighted by atomic mass is 10.2. The monoisotopic (exact) mass is 161 g/mol. The number of hydrogen-bond acceptors (Lipinski definition) is 2. The minimum atomic E-state index is -0.0865. The third-order valence-electron chi connectivity index (χ3n) is 1.83. The van der Waals surface area contributed by atoms with E-state index < -0.39 is 0 Å². The standard InChI is InChI=1S/C6H11NO2S/c8-4-5-2-1-3-7(5)6(9)10/h5,8H,1-4H2,(H,9,10)/t5-/m0/s1. The first kappa shape index (κ1) is 7.75. The van der Waals surface area contributed by atoms with E-state index in [4.69, 9.17) is 10.2 Å². The van der Waals surface area contributed by atoms with Gasteiger partial charge in [0.25, 0.3) is 5.17 Å². The van der Waals surface area contributed by atoms with Crippen LogP contribution in [0.4, 0.5) is 0 Å². The summed E-state index contributed by atoms with van der Waals surface area (Å²) in [5.74, 6) is 0. The highest BCUT2D eigenvalue weighted by Crippen LogP contribution is 2.16. The largest absolute Gasteiger partial charge is 0.486 e. The maximum absolute atomic E-state index is 8.90. The molecule has 1 aliphatic rings. The van der Waals surface area contributed by atoms with Gasteiger partial charge >= 0.3 is 0 Å². The Labute approximate surface area is 65.3 Å². The zero-order valence-corrected chi connectivity index (χ0v) is 6.47. The predicted molar refractivity (Wildman–Crippen MR) is 42.0 cm³/mol. The van der Waals surface area contributed by atoms with Crippen molar-refractivity contribution in [1.82, 2.24) is 4.90 Å². The molecule has 0 spiro atoms. The van der Waals surface area contributed by atoms with Crippen molar-refractivity contribution >= 4 is 17.4 Å². The molecular weight excluding hydrogens is 150 g/mol. The van der Waals surface area contributed by atoms with Crippen molar-refractivity contribution in [2.75, 3.05) is 13.2 Å². The van der Waals surface area contributed by atoms with Crippen LogP contribution in [0.25, 0.3) is 0 Å². The molecule has 1 aliphatic heterocycles. The average molecular weight is 161 g/mol. The second-order valence-electron chi connectivity index (χ2n) is 2.45. The Hall–Kier alpha value is -0.350. The van der Waals surface area contributed by atoms with Crippen molar-refractivity contribution in [3.8, 4) is 0 Å². The number of aliphatic hydroxyl groups excluding tert-OH is 2. The second-order valence-corrected chi connectivity index (χ2v) is 2.82. The van der Waals surface area contributed by atoms with Crippen LogP contribution in [0.15, 0.2) is 0 Å². The molecule has 1 heterocycles. The van der Waals surface area contributed by atoms with Crippen LogP contribution < -0.4 is 0 Å². The maximum atomic E-state index is 8.90. The molecule has 0 aromatic rings. The molecule has 4 heteroatoms. The van der Waals surface area contributed by atoms with E-state index in [2.05, 4.69) is 12.2 Å². The van der Waals surface area contributed by atoms with E-state index in [-0.39, 0.29) is 17.8 Å². The number of likely N-dealkylation sites (tertiary alicyclic amines) is 1. The zero-order chi connectivity index (χ0) is 7.56. The van der Waals surface area contributed by atoms with Gasteiger partial charge in [0.2, 0.25) is 0 Å². The Bertz CT molecular complexity index is 140. The highest BCUT2D eigenvalue weighted by molar-refractivity contribution is 7.79. The van der Waals surface area contributed by atoms with E-state index in [9.17, 15) is 0 Å². The fraction of sp³-hybridized carbons (Fsp3) is 0.833. The molecule has 58 valence electrons. The van der Waals surface area contributed by atoms with Gasteiger partial charge in [0.15, 0.2) is 0 Å². The fourth-order valence-electron chi connectivity index (χ4n) is 1.28. The topological polar surface area (TPSA) is 43.7 Å². The van der Waals surface area contributed by atoms with Crippen molar-refractivity contribution in [2.24, 2.45) is 0 Å². The summed E-state index contributed by atoms with van der Waals surface area (Å²) in [5.41, 5.74) is 0. The van der Waals surface area contributed by atoms with Crippen LogP contribution in [0, 0.1) is 0 Å². The smallest absolute Gasteiger partial charge is 0.257 e. The molecule has 0 amide bonds. The number of rotatable bonds is 1. The third-order valence-corrected chi connectivity index (χ3v) is 2.07. The summed E-state index contributed by atoms with van der Waals surface area (Å²) >= 11 is 4.57. The molecule has 3 nitrogen and oxygen atoms in total. The molecular formula is C6H11NO2S. The quantitative estimate of drug-likeness (QED) is 0.542. The summed E-state index contributed by atoms with van der Waals surface area (Å²) in [7, 11) is 0. The van der Waals surface area contributed by atoms with Gasteiger partial charge < -0.3 is 15.1 Å². The highest BCUT2D eigenvalue weighted by Gasteiger charge is 2.24. The molecule has 1 saturated heterocycles. The zero-order valence-electron chi connectivity index (χ0n) is 5.66. The lowest BCUT2D eigenvalue weighted by Gasteiger charge is -2.21. The molecule has 1 fully saturated rings. The molecule has 10 heavy (non-hydrogen) atoms. The van der Waals surface area contributed by atoms with Gasteiger partial charge in [0.05, 0.1) is 12.6 Å². The number of aliphatic hydroxyl groups is 2. The average Bonchev–Trinajstić information content (AvgIpc) is 2.33. The number of nitrogens with zero attached hydrogens (tertiary/aromatic N) is 1. The van der Waals surface area contributed by atoms with Gasteiger partial charge in [0, 0.05) is 6.54 Å². The summed E-state index contributed by atoms with van der Waals surface area (Å²) in [6, 6.07) is 0.0532. The fourth-order valence-corrected chi connectivity index (χ4v) is 1.52. The Balaban J connectivity index is 2.50. The number of thiocarbonyl (C=S) groups is 1. The minimum Gasteiger partial charge on any atom is -0.486 e. The van der Waals surface area contributed by atoms with Gasteiger partial charge in [-0.2, -0.15) is 0 Å². The summed E-state index contributed by atoms with van der Waals surface area (Å²) in [6.45, 7) is 0.862. The molecule has 1 rings (SSSR count). The normalized spacial score (nSPS) is 25.3. The van der Waals surface area contributed by atoms with Crippen LogP contribution in [0.2, 0.25) is 0 Å². The van der Waals surface area contributed by atoms with Gasteiger partial charge in [-0.15, -0.1) is 0 Å². The lowest BCUT2D eigenvalue weighted by Crippen LogP contribution is -2.36. The second kappa shape index (κ2) is 3.16. The van der Waals surface area contributed by atoms with Gasteiger partial charge in [-0.3, -0.25) is 0 Å². The van der Waals surface area contributed by atoms with E-state index in [1.54, 1.807) is 4.90 Å². The van der Waals surface area contributed by atoms with E-state index in [1.165, 1.54) is 0 Å². The van der Waals surface area contributed by atoms with Gasteiger partial charge in [-0.05, 0) is 25.1 Å². The van der Waals surface area contributed by atoms with Crippen molar-refractivity contribution in [1.29, 1.82) is 0 Å². The van der Waals surface area contributed by atoms with Crippen LogP contribution in [-0.4, -0.2) is 39.5 Å². The van der Waals surface area contributed by atoms with Crippen molar-refractivity contribution < 1.29 is 10.2 Å². The molecule has 0 aromatic heterocycles. The van der Waals surface area contributed by atoms with Crippen molar-refractivity contribution in [3.05, 3.63) is 0 Å². The first-order valence-electron chi connectivity index (χ1n) is 3.36. The molecule has 0 saturated carbocycles. The van der Waals surface area contributed by atoms with E-state index in [0.29, 0.717) is 0 Å². The highest BCUT2D eigenvalue weighted by atomic mass is 32.1. The molecule has 0 radical (unpaired) electrons. The predicted octanol–water partition coefficient (Wildman–Crippen LogP) is 0.286. The van der Waals surface area contributed by atoms with Gasteiger partial charge in [-0.1, -0.05) is 0 Å². The number of hydrogen-bond donors (Lipinski definition) is 2. The molecule has 0 unspecified atom stereocenters. The Morgan fingerprint density at radius 1 is 1.70 bits per heavy atom. The minimum absolute atomic E-state index is 0.0532. The third kappa shape index (κ3) is 1.38. The molecule has 1 atom stereocenters.